The van der Waals surface area contributed by atoms with E-state index in [4.69, 9.17) is 0 Å². The number of nitrogens with zero attached hydrogens (tertiary/aromatic N) is 1. The molecule has 152 valence electrons. The largest absolute Gasteiger partial charge is 0.434 e. The lowest BCUT2D eigenvalue weighted by Crippen LogP contribution is -2.29. The zero-order chi connectivity index (χ0) is 20.9. The van der Waals surface area contributed by atoms with Crippen LogP contribution >= 0.6 is 0 Å². The van der Waals surface area contributed by atoms with Crippen molar-refractivity contribution in [2.45, 2.75) is 30.9 Å². The van der Waals surface area contributed by atoms with Gasteiger partial charge in [-0.25, -0.2) is 12.7 Å². The average molecular weight is 412 g/mol. The van der Waals surface area contributed by atoms with Gasteiger partial charge in [0.25, 0.3) is 5.91 Å². The van der Waals surface area contributed by atoms with E-state index < -0.39 is 28.6 Å². The molecule has 0 heterocycles. The Hall–Kier alpha value is -2.52. The van der Waals surface area contributed by atoms with E-state index in [0.717, 1.165) is 4.31 Å². The summed E-state index contributed by atoms with van der Waals surface area (Å²) < 4.78 is 55.4. The number of carbonyl (C=O) groups is 1. The molecule has 0 saturated carbocycles. The van der Waals surface area contributed by atoms with Gasteiger partial charge in [-0.05, 0) is 30.7 Å². The van der Waals surface area contributed by atoms with Gasteiger partial charge in [0.05, 0.1) is 10.9 Å². The van der Waals surface area contributed by atoms with Crippen LogP contribution in [0.25, 0.3) is 0 Å². The molecule has 0 aliphatic heterocycles. The molecule has 9 heteroatoms. The van der Waals surface area contributed by atoms with Crippen LogP contribution in [0.4, 0.5) is 8.78 Å². The Morgan fingerprint density at radius 2 is 1.82 bits per heavy atom. The van der Waals surface area contributed by atoms with Crippen molar-refractivity contribution in [1.82, 2.24) is 9.62 Å². The molecular formula is C19H22F2N2O4S. The highest BCUT2D eigenvalue weighted by molar-refractivity contribution is 7.89. The molecule has 0 aromatic heterocycles. The Kier molecular flexibility index (Phi) is 7.09. The Morgan fingerprint density at radius 1 is 1.14 bits per heavy atom. The first-order valence-electron chi connectivity index (χ1n) is 8.54. The molecule has 28 heavy (non-hydrogen) atoms. The first-order valence-corrected chi connectivity index (χ1v) is 9.98. The summed E-state index contributed by atoms with van der Waals surface area (Å²) in [6.45, 7) is -1.20. The van der Waals surface area contributed by atoms with Crippen molar-refractivity contribution < 1.29 is 26.7 Å². The number of alkyl halides is 2. The number of benzene rings is 2. The number of ether oxygens (including phenoxy) is 1. The van der Waals surface area contributed by atoms with E-state index in [1.165, 1.54) is 44.4 Å². The first-order chi connectivity index (χ1) is 13.2. The summed E-state index contributed by atoms with van der Waals surface area (Å²) in [6, 6.07) is 11.3. The predicted molar refractivity (Wildman–Crippen MR) is 101 cm³/mol. The van der Waals surface area contributed by atoms with Crippen LogP contribution in [-0.2, 0) is 10.0 Å². The fourth-order valence-electron chi connectivity index (χ4n) is 2.62. The van der Waals surface area contributed by atoms with Crippen molar-refractivity contribution in [3.8, 4) is 5.75 Å². The number of para-hydroxylation sites is 1. The number of hydrogen-bond donors (Lipinski definition) is 1. The van der Waals surface area contributed by atoms with E-state index in [-0.39, 0.29) is 16.2 Å². The molecule has 0 saturated heterocycles. The predicted octanol–water partition coefficient (Wildman–Crippen LogP) is 3.42. The van der Waals surface area contributed by atoms with E-state index in [1.807, 2.05) is 0 Å². The SMILES string of the molecule is CCC(NC(=O)c1cccc(S(=O)(=O)N(C)C)c1)c1ccccc1OC(F)F. The van der Waals surface area contributed by atoms with Crippen LogP contribution < -0.4 is 10.1 Å². The number of hydrogen-bond acceptors (Lipinski definition) is 4. The molecule has 2 rings (SSSR count). The topological polar surface area (TPSA) is 75.7 Å². The number of nitrogens with one attached hydrogen (secondary N) is 1. The number of carbonyl (C=O) groups excluding carboxylic acids is 1. The van der Waals surface area contributed by atoms with Gasteiger partial charge in [0.1, 0.15) is 5.75 Å². The molecule has 1 N–H and O–H groups in total. The number of halogens is 2. The monoisotopic (exact) mass is 412 g/mol. The van der Waals surface area contributed by atoms with E-state index in [0.29, 0.717) is 12.0 Å². The summed E-state index contributed by atoms with van der Waals surface area (Å²) in [5.74, 6) is -0.539. The van der Waals surface area contributed by atoms with Gasteiger partial charge < -0.3 is 10.1 Å². The van der Waals surface area contributed by atoms with E-state index in [2.05, 4.69) is 10.1 Å². The maximum Gasteiger partial charge on any atom is 0.387 e. The van der Waals surface area contributed by atoms with Crippen molar-refractivity contribution in [3.05, 3.63) is 59.7 Å². The normalized spacial score (nSPS) is 12.8. The van der Waals surface area contributed by atoms with Crippen molar-refractivity contribution in [2.75, 3.05) is 14.1 Å². The van der Waals surface area contributed by atoms with E-state index in [9.17, 15) is 22.0 Å². The Labute approximate surface area is 163 Å². The molecular weight excluding hydrogens is 390 g/mol. The molecule has 0 aliphatic rings. The van der Waals surface area contributed by atoms with Gasteiger partial charge in [-0.3, -0.25) is 4.79 Å². The van der Waals surface area contributed by atoms with E-state index >= 15 is 0 Å². The van der Waals surface area contributed by atoms with Crippen molar-refractivity contribution in [1.29, 1.82) is 0 Å². The molecule has 2 aromatic rings. The highest BCUT2D eigenvalue weighted by Crippen LogP contribution is 2.29. The van der Waals surface area contributed by atoms with Crippen molar-refractivity contribution >= 4 is 15.9 Å². The Morgan fingerprint density at radius 3 is 2.43 bits per heavy atom. The standard InChI is InChI=1S/C19H22F2N2O4S/c1-4-16(15-10-5-6-11-17(15)27-19(20)21)22-18(24)13-8-7-9-14(12-13)28(25,26)23(2)3/h5-12,16,19H,4H2,1-3H3,(H,22,24). The van der Waals surface area contributed by atoms with Gasteiger partial charge >= 0.3 is 6.61 Å². The van der Waals surface area contributed by atoms with E-state index in [1.54, 1.807) is 25.1 Å². The van der Waals surface area contributed by atoms with Gasteiger partial charge in [0.15, 0.2) is 0 Å². The highest BCUT2D eigenvalue weighted by atomic mass is 32.2. The third kappa shape index (κ3) is 5.05. The van der Waals surface area contributed by atoms with Gasteiger partial charge in [0, 0.05) is 25.2 Å². The second-order valence-corrected chi connectivity index (χ2v) is 8.32. The van der Waals surface area contributed by atoms with Gasteiger partial charge in [-0.1, -0.05) is 31.2 Å². The molecule has 2 aromatic carbocycles. The zero-order valence-electron chi connectivity index (χ0n) is 15.7. The maximum atomic E-state index is 12.7. The second kappa shape index (κ2) is 9.11. The zero-order valence-corrected chi connectivity index (χ0v) is 16.5. The molecule has 0 fully saturated rings. The first kappa shape index (κ1) is 21.8. The van der Waals surface area contributed by atoms with Gasteiger partial charge in [-0.2, -0.15) is 8.78 Å². The molecule has 0 bridgehead atoms. The Bertz CT molecular complexity index is 933. The smallest absolute Gasteiger partial charge is 0.387 e. The molecule has 1 atom stereocenters. The fraction of sp³-hybridized carbons (Fsp3) is 0.316. The maximum absolute atomic E-state index is 12.7. The van der Waals surface area contributed by atoms with Crippen LogP contribution in [0.3, 0.4) is 0 Å². The molecule has 0 aliphatic carbocycles. The molecule has 0 spiro atoms. The number of sulfonamides is 1. The molecule has 6 nitrogen and oxygen atoms in total. The minimum atomic E-state index is -3.69. The molecule has 1 amide bonds. The minimum absolute atomic E-state index is 0.0142. The number of amides is 1. The third-order valence-electron chi connectivity index (χ3n) is 4.10. The lowest BCUT2D eigenvalue weighted by molar-refractivity contribution is -0.0506. The van der Waals surface area contributed by atoms with Crippen LogP contribution in [0.2, 0.25) is 0 Å². The highest BCUT2D eigenvalue weighted by Gasteiger charge is 2.22. The third-order valence-corrected chi connectivity index (χ3v) is 5.91. The summed E-state index contributed by atoms with van der Waals surface area (Å²) in [5, 5.41) is 2.75. The number of rotatable bonds is 8. The summed E-state index contributed by atoms with van der Waals surface area (Å²) in [5.41, 5.74) is 0.560. The Balaban J connectivity index is 2.29. The van der Waals surface area contributed by atoms with Gasteiger partial charge in [0.2, 0.25) is 10.0 Å². The van der Waals surface area contributed by atoms with Crippen LogP contribution in [-0.4, -0.2) is 39.3 Å². The quantitative estimate of drug-likeness (QED) is 0.721. The summed E-state index contributed by atoms with van der Waals surface area (Å²) >= 11 is 0. The summed E-state index contributed by atoms with van der Waals surface area (Å²) in [7, 11) is -0.893. The van der Waals surface area contributed by atoms with Crippen LogP contribution in [0, 0.1) is 0 Å². The van der Waals surface area contributed by atoms with Crippen LogP contribution in [0.15, 0.2) is 53.4 Å². The van der Waals surface area contributed by atoms with Crippen LogP contribution in [0.5, 0.6) is 5.75 Å². The minimum Gasteiger partial charge on any atom is -0.434 e. The van der Waals surface area contributed by atoms with Crippen LogP contribution in [0.1, 0.15) is 35.3 Å². The van der Waals surface area contributed by atoms with Crippen molar-refractivity contribution in [2.24, 2.45) is 0 Å². The second-order valence-electron chi connectivity index (χ2n) is 6.17. The molecule has 1 unspecified atom stereocenters. The lowest BCUT2D eigenvalue weighted by Gasteiger charge is -2.21. The lowest BCUT2D eigenvalue weighted by atomic mass is 10.0. The summed E-state index contributed by atoms with van der Waals surface area (Å²) in [6.07, 6.45) is 0.422. The molecule has 0 radical (unpaired) electrons. The van der Waals surface area contributed by atoms with Gasteiger partial charge in [-0.15, -0.1) is 0 Å². The fourth-order valence-corrected chi connectivity index (χ4v) is 3.57. The average Bonchev–Trinajstić information content (AvgIpc) is 2.66. The van der Waals surface area contributed by atoms with Crippen molar-refractivity contribution in [3.63, 3.8) is 0 Å². The summed E-state index contributed by atoms with van der Waals surface area (Å²) in [4.78, 5) is 12.6.